The molecule has 92 valence electrons. The highest BCUT2D eigenvalue weighted by atomic mass is 32.2. The van der Waals surface area contributed by atoms with E-state index in [4.69, 9.17) is 4.74 Å². The van der Waals surface area contributed by atoms with Crippen LogP contribution >= 0.6 is 11.8 Å². The average molecular weight is 252 g/mol. The Balaban J connectivity index is 2.04. The van der Waals surface area contributed by atoms with Gasteiger partial charge in [-0.15, -0.1) is 0 Å². The molecule has 1 aliphatic rings. The van der Waals surface area contributed by atoms with Gasteiger partial charge in [-0.1, -0.05) is 0 Å². The number of carbonyl (C=O) groups is 1. The molecule has 1 aromatic heterocycles. The normalized spacial score (nSPS) is 16.8. The topological polar surface area (TPSA) is 52.1 Å². The lowest BCUT2D eigenvalue weighted by atomic mass is 10.0. The maximum absolute atomic E-state index is 11.4. The number of ether oxygens (including phenoxy) is 1. The van der Waals surface area contributed by atoms with Gasteiger partial charge in [-0.05, 0) is 31.3 Å². The molecule has 0 unspecified atom stereocenters. The zero-order valence-corrected chi connectivity index (χ0v) is 10.7. The lowest BCUT2D eigenvalue weighted by Gasteiger charge is -2.19. The molecule has 0 saturated carbocycles. The van der Waals surface area contributed by atoms with Crippen LogP contribution in [0.2, 0.25) is 0 Å². The fraction of sp³-hybridized carbons (Fsp3) is 0.583. The van der Waals surface area contributed by atoms with E-state index in [0.717, 1.165) is 18.7 Å². The van der Waals surface area contributed by atoms with Gasteiger partial charge in [0.15, 0.2) is 0 Å². The Labute approximate surface area is 105 Å². The Kier molecular flexibility index (Phi) is 4.36. The Bertz CT molecular complexity index is 375. The minimum atomic E-state index is -0.349. The Morgan fingerprint density at radius 2 is 2.06 bits per heavy atom. The molecular formula is C12H16N2O2S. The molecular weight excluding hydrogens is 236 g/mol. The zero-order chi connectivity index (χ0) is 12.1. The van der Waals surface area contributed by atoms with E-state index in [-0.39, 0.29) is 5.97 Å². The average Bonchev–Trinajstić information content (AvgIpc) is 2.40. The summed E-state index contributed by atoms with van der Waals surface area (Å²) in [6, 6.07) is 0. The van der Waals surface area contributed by atoms with E-state index in [1.54, 1.807) is 19.3 Å². The highest BCUT2D eigenvalue weighted by Crippen LogP contribution is 2.29. The van der Waals surface area contributed by atoms with Crippen molar-refractivity contribution in [3.8, 4) is 0 Å². The van der Waals surface area contributed by atoms with Crippen LogP contribution < -0.4 is 0 Å². The third-order valence-electron chi connectivity index (χ3n) is 2.77. The van der Waals surface area contributed by atoms with E-state index in [1.807, 2.05) is 11.8 Å². The molecule has 0 aliphatic carbocycles. The molecule has 1 aliphatic heterocycles. The standard InChI is InChI=1S/C12H16N2O2S/c1-2-16-12(15)10-7-13-11(14-8-10)9-3-5-17-6-4-9/h7-9H,2-6H2,1H3. The lowest BCUT2D eigenvalue weighted by Crippen LogP contribution is -2.13. The van der Waals surface area contributed by atoms with Crippen molar-refractivity contribution in [2.45, 2.75) is 25.7 Å². The second-order valence-electron chi connectivity index (χ2n) is 3.94. The number of hydrogen-bond donors (Lipinski definition) is 0. The molecule has 0 radical (unpaired) electrons. The van der Waals surface area contributed by atoms with Gasteiger partial charge in [0, 0.05) is 18.3 Å². The van der Waals surface area contributed by atoms with Crippen molar-refractivity contribution in [1.82, 2.24) is 9.97 Å². The molecule has 5 heteroatoms. The van der Waals surface area contributed by atoms with Gasteiger partial charge >= 0.3 is 5.97 Å². The molecule has 0 amide bonds. The van der Waals surface area contributed by atoms with Crippen molar-refractivity contribution in [1.29, 1.82) is 0 Å². The van der Waals surface area contributed by atoms with Crippen LogP contribution in [0.5, 0.6) is 0 Å². The first-order chi connectivity index (χ1) is 8.31. The van der Waals surface area contributed by atoms with Crippen molar-refractivity contribution < 1.29 is 9.53 Å². The van der Waals surface area contributed by atoms with Crippen molar-refractivity contribution in [2.24, 2.45) is 0 Å². The van der Waals surface area contributed by atoms with E-state index in [1.165, 1.54) is 11.5 Å². The minimum absolute atomic E-state index is 0.349. The van der Waals surface area contributed by atoms with Crippen LogP contribution in [0.4, 0.5) is 0 Å². The highest BCUT2D eigenvalue weighted by molar-refractivity contribution is 7.99. The van der Waals surface area contributed by atoms with Crippen LogP contribution in [0.15, 0.2) is 12.4 Å². The number of thioether (sulfide) groups is 1. The Morgan fingerprint density at radius 3 is 2.65 bits per heavy atom. The summed E-state index contributed by atoms with van der Waals surface area (Å²) in [4.78, 5) is 20.0. The zero-order valence-electron chi connectivity index (χ0n) is 9.89. The molecule has 17 heavy (non-hydrogen) atoms. The molecule has 4 nitrogen and oxygen atoms in total. The van der Waals surface area contributed by atoms with Gasteiger partial charge in [0.2, 0.25) is 0 Å². The van der Waals surface area contributed by atoms with Gasteiger partial charge in [-0.25, -0.2) is 14.8 Å². The summed E-state index contributed by atoms with van der Waals surface area (Å²) in [5, 5.41) is 0. The summed E-state index contributed by atoms with van der Waals surface area (Å²) >= 11 is 1.98. The van der Waals surface area contributed by atoms with Gasteiger partial charge in [-0.2, -0.15) is 11.8 Å². The van der Waals surface area contributed by atoms with Crippen LogP contribution in [0, 0.1) is 0 Å². The van der Waals surface area contributed by atoms with Gasteiger partial charge < -0.3 is 4.74 Å². The highest BCUT2D eigenvalue weighted by Gasteiger charge is 2.18. The summed E-state index contributed by atoms with van der Waals surface area (Å²) in [6.45, 7) is 2.16. The van der Waals surface area contributed by atoms with E-state index >= 15 is 0 Å². The molecule has 0 bridgehead atoms. The van der Waals surface area contributed by atoms with Crippen molar-refractivity contribution in [3.63, 3.8) is 0 Å². The summed E-state index contributed by atoms with van der Waals surface area (Å²) in [5.74, 6) is 3.31. The van der Waals surface area contributed by atoms with Gasteiger partial charge in [-0.3, -0.25) is 0 Å². The number of aromatic nitrogens is 2. The SMILES string of the molecule is CCOC(=O)c1cnc(C2CCSCC2)nc1. The summed E-state index contributed by atoms with van der Waals surface area (Å²) < 4.78 is 4.89. The van der Waals surface area contributed by atoms with Crippen LogP contribution in [-0.2, 0) is 4.74 Å². The monoisotopic (exact) mass is 252 g/mol. The third-order valence-corrected chi connectivity index (χ3v) is 3.82. The van der Waals surface area contributed by atoms with Crippen LogP contribution in [0.25, 0.3) is 0 Å². The molecule has 0 atom stereocenters. The Morgan fingerprint density at radius 1 is 1.41 bits per heavy atom. The van der Waals surface area contributed by atoms with Gasteiger partial charge in [0.1, 0.15) is 5.82 Å². The van der Waals surface area contributed by atoms with Crippen LogP contribution in [0.1, 0.15) is 41.9 Å². The largest absolute Gasteiger partial charge is 0.462 e. The van der Waals surface area contributed by atoms with Crippen LogP contribution in [0.3, 0.4) is 0 Å². The molecule has 1 aromatic rings. The number of esters is 1. The quantitative estimate of drug-likeness (QED) is 0.772. The number of rotatable bonds is 3. The molecule has 1 fully saturated rings. The number of carbonyl (C=O) groups excluding carboxylic acids is 1. The van der Waals surface area contributed by atoms with Crippen molar-refractivity contribution >= 4 is 17.7 Å². The third kappa shape index (κ3) is 3.19. The minimum Gasteiger partial charge on any atom is -0.462 e. The maximum atomic E-state index is 11.4. The fourth-order valence-corrected chi connectivity index (χ4v) is 2.93. The van der Waals surface area contributed by atoms with E-state index in [9.17, 15) is 4.79 Å². The predicted octanol–water partition coefficient (Wildman–Crippen LogP) is 2.26. The molecule has 0 spiro atoms. The molecule has 0 N–H and O–H groups in total. The molecule has 0 aromatic carbocycles. The summed E-state index contributed by atoms with van der Waals surface area (Å²) in [7, 11) is 0. The summed E-state index contributed by atoms with van der Waals surface area (Å²) in [5.41, 5.74) is 0.431. The fourth-order valence-electron chi connectivity index (χ4n) is 1.82. The second-order valence-corrected chi connectivity index (χ2v) is 5.16. The first kappa shape index (κ1) is 12.4. The lowest BCUT2D eigenvalue weighted by molar-refractivity contribution is 0.0525. The van der Waals surface area contributed by atoms with Gasteiger partial charge in [0.05, 0.1) is 12.2 Å². The smallest absolute Gasteiger partial charge is 0.341 e. The second kappa shape index (κ2) is 6.00. The van der Waals surface area contributed by atoms with Gasteiger partial charge in [0.25, 0.3) is 0 Å². The predicted molar refractivity (Wildman–Crippen MR) is 67.3 cm³/mol. The summed E-state index contributed by atoms with van der Waals surface area (Å²) in [6.07, 6.45) is 5.40. The van der Waals surface area contributed by atoms with Crippen molar-refractivity contribution in [3.05, 3.63) is 23.8 Å². The molecule has 1 saturated heterocycles. The first-order valence-electron chi connectivity index (χ1n) is 5.88. The number of hydrogen-bond acceptors (Lipinski definition) is 5. The van der Waals surface area contributed by atoms with E-state index in [2.05, 4.69) is 9.97 Å². The Hall–Kier alpha value is -1.10. The van der Waals surface area contributed by atoms with Crippen molar-refractivity contribution in [2.75, 3.05) is 18.1 Å². The van der Waals surface area contributed by atoms with E-state index < -0.39 is 0 Å². The molecule has 2 heterocycles. The van der Waals surface area contributed by atoms with Crippen LogP contribution in [-0.4, -0.2) is 34.0 Å². The first-order valence-corrected chi connectivity index (χ1v) is 7.03. The van der Waals surface area contributed by atoms with E-state index in [0.29, 0.717) is 18.1 Å². The number of nitrogens with zero attached hydrogens (tertiary/aromatic N) is 2. The molecule has 2 rings (SSSR count). The maximum Gasteiger partial charge on any atom is 0.341 e.